The van der Waals surface area contributed by atoms with Crippen LogP contribution in [0.25, 0.3) is 0 Å². The fraction of sp³-hybridized carbons (Fsp3) is 0.520. The van der Waals surface area contributed by atoms with Gasteiger partial charge in [-0.1, -0.05) is 106 Å². The summed E-state index contributed by atoms with van der Waals surface area (Å²) in [4.78, 5) is 0. The van der Waals surface area contributed by atoms with Crippen molar-refractivity contribution in [3.05, 3.63) is 71.8 Å². The lowest BCUT2D eigenvalue weighted by Crippen LogP contribution is -2.11. The average molecular weight is 335 g/mol. The largest absolute Gasteiger partial charge is 0.0622 e. The summed E-state index contributed by atoms with van der Waals surface area (Å²) in [5.41, 5.74) is 3.01. The maximum atomic E-state index is 2.29. The third-order valence-electron chi connectivity index (χ3n) is 6.08. The highest BCUT2D eigenvalue weighted by Crippen LogP contribution is 2.31. The molecule has 1 fully saturated rings. The van der Waals surface area contributed by atoms with Gasteiger partial charge in [-0.3, -0.25) is 0 Å². The predicted molar refractivity (Wildman–Crippen MR) is 109 cm³/mol. The normalized spacial score (nSPS) is 15.6. The molecular formula is C25H34. The van der Waals surface area contributed by atoms with E-state index >= 15 is 0 Å². The molecule has 0 radical (unpaired) electrons. The van der Waals surface area contributed by atoms with E-state index in [9.17, 15) is 0 Å². The molecule has 0 nitrogen and oxygen atoms in total. The van der Waals surface area contributed by atoms with Crippen LogP contribution in [-0.2, 0) is 12.8 Å². The summed E-state index contributed by atoms with van der Waals surface area (Å²) in [6.07, 6.45) is 15.5. The van der Waals surface area contributed by atoms with Gasteiger partial charge < -0.3 is 0 Å². The maximum Gasteiger partial charge on any atom is -0.0276 e. The minimum absolute atomic E-state index is 0.877. The fourth-order valence-corrected chi connectivity index (χ4v) is 4.41. The zero-order valence-electron chi connectivity index (χ0n) is 15.7. The standard InChI is InChI=1S/C25H34/c1-4-10-22(11-5-1)16-19-25(20-17-23-12-6-2-7-13-23)21-18-24-14-8-3-9-15-24/h1-2,4-7,10-13,24-25H,3,8-9,14-21H2. The second kappa shape index (κ2) is 10.4. The van der Waals surface area contributed by atoms with Gasteiger partial charge >= 0.3 is 0 Å². The summed E-state index contributed by atoms with van der Waals surface area (Å²) in [7, 11) is 0. The monoisotopic (exact) mass is 334 g/mol. The molecule has 25 heavy (non-hydrogen) atoms. The van der Waals surface area contributed by atoms with Crippen LogP contribution in [-0.4, -0.2) is 0 Å². The summed E-state index contributed by atoms with van der Waals surface area (Å²) in [6, 6.07) is 22.1. The van der Waals surface area contributed by atoms with Crippen molar-refractivity contribution in [2.24, 2.45) is 11.8 Å². The lowest BCUT2D eigenvalue weighted by atomic mass is 9.82. The fourth-order valence-electron chi connectivity index (χ4n) is 4.41. The van der Waals surface area contributed by atoms with Gasteiger partial charge in [0.05, 0.1) is 0 Å². The molecule has 0 amide bonds. The van der Waals surface area contributed by atoms with Crippen LogP contribution < -0.4 is 0 Å². The molecule has 1 aliphatic rings. The molecule has 1 saturated carbocycles. The highest BCUT2D eigenvalue weighted by atomic mass is 14.2. The van der Waals surface area contributed by atoms with E-state index in [0.29, 0.717) is 0 Å². The SMILES string of the molecule is c1ccc(CCC(CCc2ccccc2)CCC2CCCCC2)cc1. The summed E-state index contributed by atoms with van der Waals surface area (Å²) in [5.74, 6) is 1.90. The lowest BCUT2D eigenvalue weighted by Gasteiger charge is -2.24. The van der Waals surface area contributed by atoms with Gasteiger partial charge in [-0.15, -0.1) is 0 Å². The molecule has 0 aliphatic heterocycles. The minimum atomic E-state index is 0.877. The molecule has 0 N–H and O–H groups in total. The van der Waals surface area contributed by atoms with Gasteiger partial charge in [-0.2, -0.15) is 0 Å². The zero-order valence-corrected chi connectivity index (χ0v) is 15.7. The highest BCUT2D eigenvalue weighted by Gasteiger charge is 2.16. The van der Waals surface area contributed by atoms with Gasteiger partial charge in [-0.05, 0) is 48.6 Å². The van der Waals surface area contributed by atoms with E-state index in [1.807, 2.05) is 0 Å². The van der Waals surface area contributed by atoms with Crippen molar-refractivity contribution in [3.8, 4) is 0 Å². The van der Waals surface area contributed by atoms with Crippen LogP contribution in [0.15, 0.2) is 60.7 Å². The molecule has 0 aromatic heterocycles. The zero-order chi connectivity index (χ0) is 17.2. The summed E-state index contributed by atoms with van der Waals surface area (Å²) in [6.45, 7) is 0. The Labute approximate surface area is 154 Å². The predicted octanol–water partition coefficient (Wildman–Crippen LogP) is 7.23. The Morgan fingerprint density at radius 1 is 0.640 bits per heavy atom. The molecule has 1 aliphatic carbocycles. The first-order valence-electron chi connectivity index (χ1n) is 10.5. The Bertz CT molecular complexity index is 522. The van der Waals surface area contributed by atoms with Crippen LogP contribution >= 0.6 is 0 Å². The van der Waals surface area contributed by atoms with Crippen LogP contribution in [0.3, 0.4) is 0 Å². The Kier molecular flexibility index (Phi) is 7.61. The van der Waals surface area contributed by atoms with E-state index < -0.39 is 0 Å². The van der Waals surface area contributed by atoms with Gasteiger partial charge in [-0.25, -0.2) is 0 Å². The Morgan fingerprint density at radius 2 is 1.16 bits per heavy atom. The van der Waals surface area contributed by atoms with Gasteiger partial charge in [0.1, 0.15) is 0 Å². The van der Waals surface area contributed by atoms with Crippen molar-refractivity contribution >= 4 is 0 Å². The third-order valence-corrected chi connectivity index (χ3v) is 6.08. The van der Waals surface area contributed by atoms with Crippen molar-refractivity contribution in [2.45, 2.75) is 70.6 Å². The number of hydrogen-bond donors (Lipinski definition) is 0. The van der Waals surface area contributed by atoms with Crippen molar-refractivity contribution in [1.29, 1.82) is 0 Å². The molecule has 0 heteroatoms. The van der Waals surface area contributed by atoms with Crippen LogP contribution in [0.2, 0.25) is 0 Å². The topological polar surface area (TPSA) is 0 Å². The molecule has 0 spiro atoms. The van der Waals surface area contributed by atoms with Crippen molar-refractivity contribution in [1.82, 2.24) is 0 Å². The number of rotatable bonds is 9. The first-order chi connectivity index (χ1) is 12.4. The first-order valence-corrected chi connectivity index (χ1v) is 10.5. The van der Waals surface area contributed by atoms with Crippen LogP contribution in [0.5, 0.6) is 0 Å². The van der Waals surface area contributed by atoms with E-state index in [-0.39, 0.29) is 0 Å². The molecule has 0 heterocycles. The molecule has 2 aromatic carbocycles. The smallest absolute Gasteiger partial charge is 0.0276 e. The van der Waals surface area contributed by atoms with Gasteiger partial charge in [0.2, 0.25) is 0 Å². The Hall–Kier alpha value is -1.56. The lowest BCUT2D eigenvalue weighted by molar-refractivity contribution is 0.295. The number of benzene rings is 2. The van der Waals surface area contributed by atoms with E-state index in [1.54, 1.807) is 0 Å². The van der Waals surface area contributed by atoms with E-state index in [2.05, 4.69) is 60.7 Å². The second-order valence-electron chi connectivity index (χ2n) is 8.00. The maximum absolute atomic E-state index is 2.29. The van der Waals surface area contributed by atoms with Crippen molar-refractivity contribution < 1.29 is 0 Å². The van der Waals surface area contributed by atoms with Gasteiger partial charge in [0.25, 0.3) is 0 Å². The van der Waals surface area contributed by atoms with E-state index in [0.717, 1.165) is 11.8 Å². The van der Waals surface area contributed by atoms with E-state index in [4.69, 9.17) is 0 Å². The van der Waals surface area contributed by atoms with Crippen molar-refractivity contribution in [3.63, 3.8) is 0 Å². The average Bonchev–Trinajstić information content (AvgIpc) is 2.70. The number of aryl methyl sites for hydroxylation is 2. The van der Waals surface area contributed by atoms with Crippen LogP contribution in [0, 0.1) is 11.8 Å². The van der Waals surface area contributed by atoms with Gasteiger partial charge in [0, 0.05) is 0 Å². The Balaban J connectivity index is 1.50. The van der Waals surface area contributed by atoms with E-state index in [1.165, 1.54) is 81.8 Å². The highest BCUT2D eigenvalue weighted by molar-refractivity contribution is 5.16. The number of hydrogen-bond acceptors (Lipinski definition) is 0. The molecule has 0 saturated heterocycles. The molecule has 0 atom stereocenters. The molecule has 3 rings (SSSR count). The van der Waals surface area contributed by atoms with Crippen LogP contribution in [0.1, 0.15) is 68.9 Å². The van der Waals surface area contributed by atoms with Crippen LogP contribution in [0.4, 0.5) is 0 Å². The van der Waals surface area contributed by atoms with Gasteiger partial charge in [0.15, 0.2) is 0 Å². The summed E-state index contributed by atoms with van der Waals surface area (Å²) >= 11 is 0. The second-order valence-corrected chi connectivity index (χ2v) is 8.00. The molecule has 0 bridgehead atoms. The molecule has 0 unspecified atom stereocenters. The molecule has 134 valence electrons. The third kappa shape index (κ3) is 6.69. The first kappa shape index (κ1) is 18.2. The summed E-state index contributed by atoms with van der Waals surface area (Å²) < 4.78 is 0. The van der Waals surface area contributed by atoms with Crippen molar-refractivity contribution in [2.75, 3.05) is 0 Å². The molecular weight excluding hydrogens is 300 g/mol. The minimum Gasteiger partial charge on any atom is -0.0622 e. The molecule has 2 aromatic rings. The summed E-state index contributed by atoms with van der Waals surface area (Å²) in [5, 5.41) is 0. The Morgan fingerprint density at radius 3 is 1.68 bits per heavy atom. The quantitative estimate of drug-likeness (QED) is 0.454.